The molecule has 9 heteroatoms. The number of hydrogen-bond acceptors (Lipinski definition) is 5. The Balaban J connectivity index is 1.89. The molecular weight excluding hydrogens is 429 g/mol. The van der Waals surface area contributed by atoms with E-state index in [1.165, 1.54) is 17.0 Å². The minimum absolute atomic E-state index is 0.0510. The smallest absolute Gasteiger partial charge is 0.325 e. The fourth-order valence-electron chi connectivity index (χ4n) is 2.89. The summed E-state index contributed by atoms with van der Waals surface area (Å²) in [6.45, 7) is 5.08. The molecule has 0 radical (unpaired) electrons. The average molecular weight is 458 g/mol. The van der Waals surface area contributed by atoms with Crippen LogP contribution in [0.15, 0.2) is 48.5 Å². The van der Waals surface area contributed by atoms with Gasteiger partial charge in [0.2, 0.25) is 5.91 Å². The number of carbonyl (C=O) groups excluding carboxylic acids is 4. The van der Waals surface area contributed by atoms with Gasteiger partial charge in [-0.15, -0.1) is 0 Å². The number of nitrogens with one attached hydrogen (secondary N) is 1. The highest BCUT2D eigenvalue weighted by Crippen LogP contribution is 2.22. The van der Waals surface area contributed by atoms with Crippen LogP contribution < -0.4 is 16.0 Å². The summed E-state index contributed by atoms with van der Waals surface area (Å²) in [4.78, 5) is 49.1. The highest BCUT2D eigenvalue weighted by atomic mass is 19.1. The molecule has 0 unspecified atom stereocenters. The number of ether oxygens (including phenoxy) is 1. The fraction of sp³-hybridized carbons (Fsp3) is 0.333. The Bertz CT molecular complexity index is 998. The lowest BCUT2D eigenvalue weighted by Gasteiger charge is -2.22. The molecule has 176 valence electrons. The first kappa shape index (κ1) is 25.5. The van der Waals surface area contributed by atoms with Gasteiger partial charge >= 0.3 is 5.97 Å². The van der Waals surface area contributed by atoms with Gasteiger partial charge in [-0.3, -0.25) is 19.2 Å². The molecule has 3 N–H and O–H groups in total. The highest BCUT2D eigenvalue weighted by molar-refractivity contribution is 5.97. The lowest BCUT2D eigenvalue weighted by molar-refractivity contribution is -0.146. The second-order valence-corrected chi connectivity index (χ2v) is 8.41. The molecule has 0 saturated heterocycles. The van der Waals surface area contributed by atoms with E-state index >= 15 is 0 Å². The number of amides is 3. The number of rotatable bonds is 9. The molecule has 8 nitrogen and oxygen atoms in total. The number of halogens is 1. The third kappa shape index (κ3) is 8.03. The number of carbonyl (C=O) groups is 4. The number of nitrogens with zero attached hydrogens (tertiary/aromatic N) is 1. The van der Waals surface area contributed by atoms with Gasteiger partial charge in [-0.05, 0) is 47.4 Å². The van der Waals surface area contributed by atoms with Crippen molar-refractivity contribution < 1.29 is 28.3 Å². The van der Waals surface area contributed by atoms with Crippen LogP contribution in [0, 0.1) is 5.82 Å². The van der Waals surface area contributed by atoms with Gasteiger partial charge in [-0.2, -0.15) is 0 Å². The van der Waals surface area contributed by atoms with Crippen LogP contribution >= 0.6 is 0 Å². The zero-order chi connectivity index (χ0) is 24.6. The maximum Gasteiger partial charge on any atom is 0.325 e. The predicted octanol–water partition coefficient (Wildman–Crippen LogP) is 2.30. The Labute approximate surface area is 191 Å². The number of primary amides is 1. The van der Waals surface area contributed by atoms with E-state index in [1.54, 1.807) is 12.1 Å². The zero-order valence-corrected chi connectivity index (χ0v) is 18.9. The molecule has 0 bridgehead atoms. The lowest BCUT2D eigenvalue weighted by atomic mass is 9.87. The minimum atomic E-state index is -0.808. The number of nitrogens with two attached hydrogens (primary N) is 1. The topological polar surface area (TPSA) is 119 Å². The second kappa shape index (κ2) is 11.2. The Morgan fingerprint density at radius 1 is 1.00 bits per heavy atom. The van der Waals surface area contributed by atoms with Crippen LogP contribution in [0.25, 0.3) is 0 Å². The Morgan fingerprint density at radius 2 is 1.61 bits per heavy atom. The van der Waals surface area contributed by atoms with E-state index in [0.29, 0.717) is 11.3 Å². The standard InChI is InChI=1S/C24H28FN3O5/c1-24(2,3)17-6-4-16(5-7-17)23(32)27-14-22(31)33-15-21(30)28(13-12-20(26)29)19-10-8-18(25)9-11-19/h4-11H,12-15H2,1-3H3,(H2,26,29)(H,27,32). The quantitative estimate of drug-likeness (QED) is 0.560. The van der Waals surface area contributed by atoms with E-state index in [4.69, 9.17) is 10.5 Å². The van der Waals surface area contributed by atoms with E-state index in [2.05, 4.69) is 26.1 Å². The third-order valence-electron chi connectivity index (χ3n) is 4.78. The van der Waals surface area contributed by atoms with Crippen LogP contribution in [-0.2, 0) is 24.5 Å². The van der Waals surface area contributed by atoms with Crippen LogP contribution in [0.2, 0.25) is 0 Å². The van der Waals surface area contributed by atoms with Crippen molar-refractivity contribution in [1.29, 1.82) is 0 Å². The molecule has 0 spiro atoms. The molecule has 0 aliphatic carbocycles. The SMILES string of the molecule is CC(C)(C)c1ccc(C(=O)NCC(=O)OCC(=O)N(CCC(N)=O)c2ccc(F)cc2)cc1. The van der Waals surface area contributed by atoms with Crippen molar-refractivity contribution >= 4 is 29.4 Å². The summed E-state index contributed by atoms with van der Waals surface area (Å²) < 4.78 is 18.1. The van der Waals surface area contributed by atoms with Gasteiger partial charge in [-0.1, -0.05) is 32.9 Å². The average Bonchev–Trinajstić information content (AvgIpc) is 2.76. The van der Waals surface area contributed by atoms with Crippen LogP contribution in [0.4, 0.5) is 10.1 Å². The summed E-state index contributed by atoms with van der Waals surface area (Å²) in [5.41, 5.74) is 6.88. The van der Waals surface area contributed by atoms with E-state index in [-0.39, 0.29) is 18.4 Å². The minimum Gasteiger partial charge on any atom is -0.454 e. The maximum absolute atomic E-state index is 13.2. The summed E-state index contributed by atoms with van der Waals surface area (Å²) in [6, 6.07) is 12.1. The van der Waals surface area contributed by atoms with Gasteiger partial charge in [0.05, 0.1) is 0 Å². The number of anilines is 1. The summed E-state index contributed by atoms with van der Waals surface area (Å²) in [6.07, 6.45) is -0.124. The van der Waals surface area contributed by atoms with E-state index in [1.807, 2.05) is 12.1 Å². The Hall–Kier alpha value is -3.75. The van der Waals surface area contributed by atoms with Crippen molar-refractivity contribution in [3.05, 3.63) is 65.5 Å². The molecule has 3 amide bonds. The molecule has 0 aliphatic heterocycles. The summed E-state index contributed by atoms with van der Waals surface area (Å²) in [5, 5.41) is 2.45. The molecule has 33 heavy (non-hydrogen) atoms. The first-order valence-corrected chi connectivity index (χ1v) is 10.4. The van der Waals surface area contributed by atoms with Crippen molar-refractivity contribution in [2.24, 2.45) is 5.73 Å². The van der Waals surface area contributed by atoms with Crippen molar-refractivity contribution in [3.8, 4) is 0 Å². The van der Waals surface area contributed by atoms with Crippen molar-refractivity contribution in [3.63, 3.8) is 0 Å². The Morgan fingerprint density at radius 3 is 2.15 bits per heavy atom. The van der Waals surface area contributed by atoms with Gasteiger partial charge in [0.15, 0.2) is 6.61 Å². The molecule has 0 heterocycles. The molecule has 0 atom stereocenters. The first-order valence-electron chi connectivity index (χ1n) is 10.4. The third-order valence-corrected chi connectivity index (χ3v) is 4.78. The molecule has 2 aromatic rings. The summed E-state index contributed by atoms with van der Waals surface area (Å²) in [5.74, 6) is -2.99. The van der Waals surface area contributed by atoms with Crippen LogP contribution in [0.5, 0.6) is 0 Å². The van der Waals surface area contributed by atoms with Gasteiger partial charge in [-0.25, -0.2) is 4.39 Å². The van der Waals surface area contributed by atoms with Crippen molar-refractivity contribution in [2.75, 3.05) is 24.6 Å². The summed E-state index contributed by atoms with van der Waals surface area (Å²) >= 11 is 0. The molecule has 2 aromatic carbocycles. The van der Waals surface area contributed by atoms with E-state index in [0.717, 1.165) is 17.7 Å². The highest BCUT2D eigenvalue weighted by Gasteiger charge is 2.19. The van der Waals surface area contributed by atoms with Gasteiger partial charge in [0.25, 0.3) is 11.8 Å². The van der Waals surface area contributed by atoms with E-state index < -0.39 is 42.7 Å². The molecule has 0 saturated carbocycles. The fourth-order valence-corrected chi connectivity index (χ4v) is 2.89. The molecule has 0 aromatic heterocycles. The lowest BCUT2D eigenvalue weighted by Crippen LogP contribution is -2.38. The molecular formula is C24H28FN3O5. The number of hydrogen-bond donors (Lipinski definition) is 2. The van der Waals surface area contributed by atoms with Gasteiger partial charge in [0, 0.05) is 24.2 Å². The monoisotopic (exact) mass is 457 g/mol. The van der Waals surface area contributed by atoms with Crippen LogP contribution in [-0.4, -0.2) is 43.4 Å². The first-order chi connectivity index (χ1) is 15.5. The van der Waals surface area contributed by atoms with E-state index in [9.17, 15) is 23.6 Å². The van der Waals surface area contributed by atoms with Crippen LogP contribution in [0.1, 0.15) is 43.1 Å². The normalized spacial score (nSPS) is 10.9. The molecule has 0 fully saturated rings. The van der Waals surface area contributed by atoms with Crippen molar-refractivity contribution in [1.82, 2.24) is 5.32 Å². The van der Waals surface area contributed by atoms with Gasteiger partial charge < -0.3 is 20.7 Å². The molecule has 2 rings (SSSR count). The largest absolute Gasteiger partial charge is 0.454 e. The predicted molar refractivity (Wildman–Crippen MR) is 121 cm³/mol. The van der Waals surface area contributed by atoms with Crippen molar-refractivity contribution in [2.45, 2.75) is 32.6 Å². The maximum atomic E-state index is 13.2. The van der Waals surface area contributed by atoms with Crippen LogP contribution in [0.3, 0.4) is 0 Å². The molecule has 0 aliphatic rings. The second-order valence-electron chi connectivity index (χ2n) is 8.41. The zero-order valence-electron chi connectivity index (χ0n) is 18.9. The van der Waals surface area contributed by atoms with Gasteiger partial charge in [0.1, 0.15) is 12.4 Å². The number of benzene rings is 2. The summed E-state index contributed by atoms with van der Waals surface area (Å²) in [7, 11) is 0. The number of esters is 1. The Kier molecular flexibility index (Phi) is 8.67.